The van der Waals surface area contributed by atoms with Gasteiger partial charge >= 0.3 is 5.97 Å². The molecule has 0 saturated carbocycles. The van der Waals surface area contributed by atoms with Crippen LogP contribution in [0.25, 0.3) is 0 Å². The van der Waals surface area contributed by atoms with Crippen molar-refractivity contribution in [1.29, 1.82) is 0 Å². The summed E-state index contributed by atoms with van der Waals surface area (Å²) in [5.41, 5.74) is 2.39. The van der Waals surface area contributed by atoms with Gasteiger partial charge in [0.05, 0.1) is 10.8 Å². The second-order valence-corrected chi connectivity index (χ2v) is 6.30. The van der Waals surface area contributed by atoms with E-state index >= 15 is 0 Å². The number of esters is 1. The average Bonchev–Trinajstić information content (AvgIpc) is 3.01. The zero-order chi connectivity index (χ0) is 18.8. The molecule has 2 aromatic rings. The highest BCUT2D eigenvalue weighted by Crippen LogP contribution is 2.29. The van der Waals surface area contributed by atoms with E-state index in [9.17, 15) is 19.7 Å². The van der Waals surface area contributed by atoms with Crippen LogP contribution in [-0.2, 0) is 9.59 Å². The molecule has 0 aromatic heterocycles. The zero-order valence-corrected chi connectivity index (χ0v) is 14.5. The maximum absolute atomic E-state index is 12.5. The van der Waals surface area contributed by atoms with Crippen LogP contribution in [-0.4, -0.2) is 23.3 Å². The molecule has 3 rings (SSSR count). The smallest absolute Gasteiger partial charge is 0.316 e. The third-order valence-corrected chi connectivity index (χ3v) is 4.60. The lowest BCUT2D eigenvalue weighted by Gasteiger charge is -2.16. The molecule has 0 bridgehead atoms. The maximum Gasteiger partial charge on any atom is 0.316 e. The molecular weight excluding hydrogens is 336 g/mol. The number of non-ortho nitro benzene ring substituents is 1. The minimum Gasteiger partial charge on any atom is -0.426 e. The fourth-order valence-corrected chi connectivity index (χ4v) is 2.90. The molecule has 26 heavy (non-hydrogen) atoms. The van der Waals surface area contributed by atoms with Crippen molar-refractivity contribution in [3.63, 3.8) is 0 Å². The summed E-state index contributed by atoms with van der Waals surface area (Å²) in [5.74, 6) is -0.730. The van der Waals surface area contributed by atoms with Gasteiger partial charge in [-0.3, -0.25) is 19.7 Å². The lowest BCUT2D eigenvalue weighted by Crippen LogP contribution is -2.27. The Morgan fingerprint density at radius 2 is 1.88 bits per heavy atom. The van der Waals surface area contributed by atoms with Gasteiger partial charge in [0.1, 0.15) is 5.75 Å². The van der Waals surface area contributed by atoms with Crippen molar-refractivity contribution in [1.82, 2.24) is 0 Å². The first-order valence-corrected chi connectivity index (χ1v) is 8.19. The largest absolute Gasteiger partial charge is 0.426 e. The number of ether oxygens (including phenoxy) is 1. The number of nitro groups is 1. The molecule has 1 amide bonds. The van der Waals surface area contributed by atoms with E-state index in [1.54, 1.807) is 6.07 Å². The highest BCUT2D eigenvalue weighted by atomic mass is 16.6. The van der Waals surface area contributed by atoms with E-state index in [0.717, 1.165) is 11.1 Å². The highest BCUT2D eigenvalue weighted by molar-refractivity contribution is 5.99. The van der Waals surface area contributed by atoms with Crippen LogP contribution >= 0.6 is 0 Å². The van der Waals surface area contributed by atoms with Gasteiger partial charge in [0.2, 0.25) is 5.91 Å². The van der Waals surface area contributed by atoms with Gasteiger partial charge in [-0.05, 0) is 43.2 Å². The van der Waals surface area contributed by atoms with Crippen LogP contribution in [0.5, 0.6) is 5.75 Å². The molecule has 0 radical (unpaired) electrons. The number of nitro benzene ring substituents is 1. The number of carbonyl (C=O) groups is 2. The molecule has 0 unspecified atom stereocenters. The fourth-order valence-electron chi connectivity index (χ4n) is 2.90. The molecule has 134 valence electrons. The Morgan fingerprint density at radius 1 is 1.19 bits per heavy atom. The van der Waals surface area contributed by atoms with Gasteiger partial charge in [0, 0.05) is 30.8 Å². The van der Waals surface area contributed by atoms with Crippen molar-refractivity contribution in [2.45, 2.75) is 20.3 Å². The van der Waals surface area contributed by atoms with Gasteiger partial charge < -0.3 is 9.64 Å². The third-order valence-electron chi connectivity index (χ3n) is 4.60. The normalized spacial score (nSPS) is 16.6. The third kappa shape index (κ3) is 3.42. The van der Waals surface area contributed by atoms with E-state index < -0.39 is 16.8 Å². The van der Waals surface area contributed by atoms with Crippen LogP contribution in [0.15, 0.2) is 42.5 Å². The molecule has 0 aliphatic carbocycles. The molecule has 1 aliphatic rings. The van der Waals surface area contributed by atoms with Crippen LogP contribution < -0.4 is 9.64 Å². The summed E-state index contributed by atoms with van der Waals surface area (Å²) in [6.45, 7) is 4.00. The molecule has 1 fully saturated rings. The van der Waals surface area contributed by atoms with E-state index in [4.69, 9.17) is 4.74 Å². The number of hydrogen-bond acceptors (Lipinski definition) is 5. The first-order valence-electron chi connectivity index (χ1n) is 8.19. The quantitative estimate of drug-likeness (QED) is 0.364. The Balaban J connectivity index is 1.71. The molecular formula is C19H18N2O5. The number of amides is 1. The van der Waals surface area contributed by atoms with Crippen molar-refractivity contribution >= 4 is 23.3 Å². The first kappa shape index (κ1) is 17.6. The van der Waals surface area contributed by atoms with E-state index in [2.05, 4.69) is 0 Å². The van der Waals surface area contributed by atoms with Crippen LogP contribution in [0.1, 0.15) is 17.5 Å². The topological polar surface area (TPSA) is 89.8 Å². The number of benzene rings is 2. The Morgan fingerprint density at radius 3 is 2.54 bits per heavy atom. The molecule has 2 aromatic carbocycles. The summed E-state index contributed by atoms with van der Waals surface area (Å²) < 4.78 is 5.49. The lowest BCUT2D eigenvalue weighted by molar-refractivity contribution is -0.384. The summed E-state index contributed by atoms with van der Waals surface area (Å²) in [6.07, 6.45) is 0.0562. The molecule has 7 heteroatoms. The summed E-state index contributed by atoms with van der Waals surface area (Å²) in [7, 11) is 0. The standard InChI is InChI=1S/C19H18N2O5/c1-12-4-3-5-17(13(12)2)26-19(23)14-10-18(22)20(11-14)15-6-8-16(9-7-15)21(24)25/h3-9,14H,10-11H2,1-2H3/t14-/m1/s1. The van der Waals surface area contributed by atoms with E-state index in [1.165, 1.54) is 29.2 Å². The monoisotopic (exact) mass is 354 g/mol. The van der Waals surface area contributed by atoms with Crippen molar-refractivity contribution in [2.24, 2.45) is 5.92 Å². The minimum atomic E-state index is -0.572. The number of anilines is 1. The van der Waals surface area contributed by atoms with Gasteiger partial charge in [0.25, 0.3) is 5.69 Å². The van der Waals surface area contributed by atoms with E-state index in [-0.39, 0.29) is 24.6 Å². The number of carbonyl (C=O) groups excluding carboxylic acids is 2. The van der Waals surface area contributed by atoms with Gasteiger partial charge in [-0.2, -0.15) is 0 Å². The maximum atomic E-state index is 12.5. The predicted molar refractivity (Wildman–Crippen MR) is 95.1 cm³/mol. The summed E-state index contributed by atoms with van der Waals surface area (Å²) in [5, 5.41) is 10.7. The van der Waals surface area contributed by atoms with Gasteiger partial charge in [0.15, 0.2) is 0 Å². The van der Waals surface area contributed by atoms with Gasteiger partial charge in [-0.25, -0.2) is 0 Å². The SMILES string of the molecule is Cc1cccc(OC(=O)[C@@H]2CC(=O)N(c3ccc([N+](=O)[O-])cc3)C2)c1C. The van der Waals surface area contributed by atoms with Crippen LogP contribution in [0.3, 0.4) is 0 Å². The van der Waals surface area contributed by atoms with Crippen molar-refractivity contribution in [2.75, 3.05) is 11.4 Å². The molecule has 1 atom stereocenters. The number of rotatable bonds is 4. The first-order chi connectivity index (χ1) is 12.4. The summed E-state index contributed by atoms with van der Waals surface area (Å²) in [4.78, 5) is 36.4. The average molecular weight is 354 g/mol. The lowest BCUT2D eigenvalue weighted by atomic mass is 10.1. The Labute approximate surface area is 150 Å². The molecule has 1 saturated heterocycles. The van der Waals surface area contributed by atoms with Gasteiger partial charge in [-0.1, -0.05) is 12.1 Å². The Hall–Kier alpha value is -3.22. The van der Waals surface area contributed by atoms with Crippen molar-refractivity contribution in [3.05, 3.63) is 63.7 Å². The predicted octanol–water partition coefficient (Wildman–Crippen LogP) is 3.17. The number of aryl methyl sites for hydroxylation is 1. The van der Waals surface area contributed by atoms with E-state index in [1.807, 2.05) is 26.0 Å². The number of hydrogen-bond donors (Lipinski definition) is 0. The summed E-state index contributed by atoms with van der Waals surface area (Å²) in [6, 6.07) is 11.2. The van der Waals surface area contributed by atoms with Crippen LogP contribution in [0.4, 0.5) is 11.4 Å². The van der Waals surface area contributed by atoms with Crippen LogP contribution in [0, 0.1) is 29.9 Å². The van der Waals surface area contributed by atoms with Gasteiger partial charge in [-0.15, -0.1) is 0 Å². The van der Waals surface area contributed by atoms with E-state index in [0.29, 0.717) is 11.4 Å². The van der Waals surface area contributed by atoms with Crippen molar-refractivity contribution in [3.8, 4) is 5.75 Å². The summed E-state index contributed by atoms with van der Waals surface area (Å²) >= 11 is 0. The second-order valence-electron chi connectivity index (χ2n) is 6.30. The van der Waals surface area contributed by atoms with Crippen LogP contribution in [0.2, 0.25) is 0 Å². The molecule has 0 spiro atoms. The zero-order valence-electron chi connectivity index (χ0n) is 14.5. The minimum absolute atomic E-state index is 0.0497. The molecule has 7 nitrogen and oxygen atoms in total. The van der Waals surface area contributed by atoms with Crippen molar-refractivity contribution < 1.29 is 19.2 Å². The molecule has 0 N–H and O–H groups in total. The Bertz CT molecular complexity index is 876. The molecule has 1 aliphatic heterocycles. The Kier molecular flexibility index (Phi) is 4.71. The second kappa shape index (κ2) is 6.95. The number of nitrogens with zero attached hydrogens (tertiary/aromatic N) is 2. The fraction of sp³-hybridized carbons (Fsp3) is 0.263. The highest BCUT2D eigenvalue weighted by Gasteiger charge is 2.36. The molecule has 1 heterocycles.